The van der Waals surface area contributed by atoms with Gasteiger partial charge in [0.2, 0.25) is 0 Å². The second-order valence-corrected chi connectivity index (χ2v) is 10.3. The van der Waals surface area contributed by atoms with Gasteiger partial charge in [0, 0.05) is 16.7 Å². The first-order valence-corrected chi connectivity index (χ1v) is 13.1. The van der Waals surface area contributed by atoms with Crippen LogP contribution >= 0.6 is 23.2 Å². The van der Waals surface area contributed by atoms with Crippen molar-refractivity contribution in [2.45, 2.75) is 70.4 Å². The number of hydrogen-bond acceptors (Lipinski definition) is 4. The summed E-state index contributed by atoms with van der Waals surface area (Å²) in [5.74, 6) is -1.49. The van der Waals surface area contributed by atoms with Gasteiger partial charge in [-0.25, -0.2) is 14.2 Å². The molecule has 1 aliphatic carbocycles. The first-order chi connectivity index (χ1) is 17.2. The van der Waals surface area contributed by atoms with Crippen LogP contribution < -0.4 is 5.73 Å². The highest BCUT2D eigenvalue weighted by molar-refractivity contribution is 6.31. The number of ether oxygens (including phenoxy) is 1. The van der Waals surface area contributed by atoms with Gasteiger partial charge in [0.1, 0.15) is 17.7 Å². The van der Waals surface area contributed by atoms with E-state index in [4.69, 9.17) is 33.7 Å². The van der Waals surface area contributed by atoms with Crippen LogP contribution in [0.15, 0.2) is 36.4 Å². The Bertz CT molecular complexity index is 1270. The molecule has 0 aliphatic heterocycles. The average Bonchev–Trinajstić information content (AvgIpc) is 3.20. The molecule has 3 aromatic rings. The molecule has 0 saturated heterocycles. The first kappa shape index (κ1) is 26.4. The number of halogens is 3. The molecule has 0 spiro atoms. The lowest BCUT2D eigenvalue weighted by Gasteiger charge is -2.36. The summed E-state index contributed by atoms with van der Waals surface area (Å²) in [6.07, 6.45) is 4.59. The third-order valence-corrected chi connectivity index (χ3v) is 7.80. The monoisotopic (exact) mass is 533 g/mol. The van der Waals surface area contributed by atoms with Gasteiger partial charge in [0.15, 0.2) is 5.60 Å². The maximum absolute atomic E-state index is 14.4. The summed E-state index contributed by atoms with van der Waals surface area (Å²) in [7, 11) is 0. The normalized spacial score (nSPS) is 16.3. The Kier molecular flexibility index (Phi) is 7.90. The summed E-state index contributed by atoms with van der Waals surface area (Å²) in [5.41, 5.74) is 5.98. The Hall–Kier alpha value is -2.64. The van der Waals surface area contributed by atoms with Gasteiger partial charge in [0.05, 0.1) is 16.1 Å². The molecule has 1 amide bonds. The number of imidazole rings is 1. The number of fused-ring (bicyclic) bond motifs is 1. The van der Waals surface area contributed by atoms with Gasteiger partial charge in [-0.2, -0.15) is 0 Å². The minimum atomic E-state index is -1.33. The number of carbonyl (C=O) groups is 2. The summed E-state index contributed by atoms with van der Waals surface area (Å²) in [5, 5.41) is 0.469. The maximum atomic E-state index is 14.4. The molecule has 1 heterocycles. The van der Waals surface area contributed by atoms with E-state index in [1.165, 1.54) is 12.1 Å². The number of hydrogen-bond donors (Lipinski definition) is 1. The van der Waals surface area contributed by atoms with Crippen molar-refractivity contribution in [3.8, 4) is 11.4 Å². The summed E-state index contributed by atoms with van der Waals surface area (Å²) >= 11 is 12.3. The molecule has 0 radical (unpaired) electrons. The molecule has 9 heteroatoms. The van der Waals surface area contributed by atoms with Crippen LogP contribution in [-0.4, -0.2) is 27.0 Å². The van der Waals surface area contributed by atoms with Crippen molar-refractivity contribution >= 4 is 46.1 Å². The summed E-state index contributed by atoms with van der Waals surface area (Å²) in [4.78, 5) is 31.2. The zero-order valence-corrected chi connectivity index (χ0v) is 21.9. The van der Waals surface area contributed by atoms with Crippen molar-refractivity contribution in [3.05, 3.63) is 52.3 Å². The van der Waals surface area contributed by atoms with Gasteiger partial charge in [-0.3, -0.25) is 4.79 Å². The van der Waals surface area contributed by atoms with E-state index < -0.39 is 29.3 Å². The lowest BCUT2D eigenvalue weighted by Crippen LogP contribution is -2.50. The van der Waals surface area contributed by atoms with Gasteiger partial charge in [-0.15, -0.1) is 0 Å². The highest BCUT2D eigenvalue weighted by Crippen LogP contribution is 2.39. The van der Waals surface area contributed by atoms with Crippen LogP contribution in [0.5, 0.6) is 0 Å². The third-order valence-electron chi connectivity index (χ3n) is 7.26. The average molecular weight is 534 g/mol. The Morgan fingerprint density at radius 2 is 1.75 bits per heavy atom. The molecule has 1 saturated carbocycles. The van der Waals surface area contributed by atoms with E-state index in [9.17, 15) is 14.0 Å². The second-order valence-electron chi connectivity index (χ2n) is 9.43. The zero-order chi connectivity index (χ0) is 26.0. The van der Waals surface area contributed by atoms with Crippen molar-refractivity contribution in [2.24, 2.45) is 11.7 Å². The van der Waals surface area contributed by atoms with E-state index in [-0.39, 0.29) is 10.9 Å². The smallest absolute Gasteiger partial charge is 0.330 e. The Labute approximate surface area is 219 Å². The minimum absolute atomic E-state index is 0.0798. The SMILES string of the molecule is CCC(CC)[C@@H](C(=O)OC1(C(N)=O)CCCCC1)n1c(-c2ccc(Cl)cc2)nc2cc(F)c(Cl)cc21. The topological polar surface area (TPSA) is 87.2 Å². The molecule has 1 aliphatic rings. The fraction of sp³-hybridized carbons (Fsp3) is 0.444. The Morgan fingerprint density at radius 3 is 2.33 bits per heavy atom. The number of aromatic nitrogens is 2. The number of amides is 1. The van der Waals surface area contributed by atoms with Gasteiger partial charge < -0.3 is 15.0 Å². The van der Waals surface area contributed by atoms with E-state index in [1.807, 2.05) is 13.8 Å². The zero-order valence-electron chi connectivity index (χ0n) is 20.4. The predicted molar refractivity (Wildman–Crippen MR) is 139 cm³/mol. The molecule has 2 aromatic carbocycles. The number of esters is 1. The number of primary amides is 1. The second kappa shape index (κ2) is 10.8. The summed E-state index contributed by atoms with van der Waals surface area (Å²) < 4.78 is 22.2. The molecule has 1 fully saturated rings. The predicted octanol–water partition coefficient (Wildman–Crippen LogP) is 6.86. The lowest BCUT2D eigenvalue weighted by atomic mass is 9.83. The van der Waals surface area contributed by atoms with Crippen LogP contribution in [0, 0.1) is 11.7 Å². The third kappa shape index (κ3) is 4.96. The van der Waals surface area contributed by atoms with Crippen molar-refractivity contribution in [1.82, 2.24) is 9.55 Å². The van der Waals surface area contributed by atoms with E-state index in [0.29, 0.717) is 53.1 Å². The number of benzene rings is 2. The van der Waals surface area contributed by atoms with Crippen molar-refractivity contribution in [3.63, 3.8) is 0 Å². The molecule has 2 N–H and O–H groups in total. The molecule has 6 nitrogen and oxygen atoms in total. The quantitative estimate of drug-likeness (QED) is 0.320. The molecule has 4 rings (SSSR count). The summed E-state index contributed by atoms with van der Waals surface area (Å²) in [6.45, 7) is 3.99. The molecule has 0 bridgehead atoms. The minimum Gasteiger partial charge on any atom is -0.447 e. The van der Waals surface area contributed by atoms with Crippen LogP contribution in [0.4, 0.5) is 4.39 Å². The van der Waals surface area contributed by atoms with E-state index in [1.54, 1.807) is 28.8 Å². The Balaban J connectivity index is 1.92. The van der Waals surface area contributed by atoms with Gasteiger partial charge in [-0.05, 0) is 61.9 Å². The van der Waals surface area contributed by atoms with E-state index in [2.05, 4.69) is 4.98 Å². The number of carbonyl (C=O) groups excluding carboxylic acids is 2. The van der Waals surface area contributed by atoms with E-state index >= 15 is 0 Å². The van der Waals surface area contributed by atoms with Crippen LogP contribution in [0.2, 0.25) is 10.0 Å². The van der Waals surface area contributed by atoms with Crippen molar-refractivity contribution in [2.75, 3.05) is 0 Å². The number of rotatable bonds is 8. The fourth-order valence-corrected chi connectivity index (χ4v) is 5.48. The van der Waals surface area contributed by atoms with Crippen molar-refractivity contribution in [1.29, 1.82) is 0 Å². The Morgan fingerprint density at radius 1 is 1.11 bits per heavy atom. The standard InChI is InChI=1S/C27H30Cl2FN3O3/c1-3-16(4-2)23(25(34)36-27(26(31)35)12-6-5-7-13-27)33-22-14-19(29)20(30)15-21(22)32-24(33)17-8-10-18(28)11-9-17/h8-11,14-16,23H,3-7,12-13H2,1-2H3,(H2,31,35)/t23-/m0/s1. The van der Waals surface area contributed by atoms with Crippen molar-refractivity contribution < 1.29 is 18.7 Å². The molecule has 192 valence electrons. The lowest BCUT2D eigenvalue weighted by molar-refractivity contribution is -0.175. The molecule has 1 aromatic heterocycles. The largest absolute Gasteiger partial charge is 0.447 e. The highest BCUT2D eigenvalue weighted by atomic mass is 35.5. The molecular formula is C27H30Cl2FN3O3. The van der Waals surface area contributed by atoms with Crippen LogP contribution in [0.3, 0.4) is 0 Å². The number of nitrogens with zero attached hydrogens (tertiary/aromatic N) is 2. The van der Waals surface area contributed by atoms with Crippen LogP contribution in [0.25, 0.3) is 22.4 Å². The number of nitrogens with two attached hydrogens (primary N) is 1. The molecule has 1 atom stereocenters. The van der Waals surface area contributed by atoms with Gasteiger partial charge in [-0.1, -0.05) is 56.3 Å². The molecule has 36 heavy (non-hydrogen) atoms. The highest BCUT2D eigenvalue weighted by Gasteiger charge is 2.45. The van der Waals surface area contributed by atoms with Crippen LogP contribution in [-0.2, 0) is 14.3 Å². The maximum Gasteiger partial charge on any atom is 0.330 e. The summed E-state index contributed by atoms with van der Waals surface area (Å²) in [6, 6.07) is 8.93. The van der Waals surface area contributed by atoms with Crippen LogP contribution in [0.1, 0.15) is 64.8 Å². The first-order valence-electron chi connectivity index (χ1n) is 12.4. The van der Waals surface area contributed by atoms with Gasteiger partial charge in [0.25, 0.3) is 5.91 Å². The molecular weight excluding hydrogens is 504 g/mol. The van der Waals surface area contributed by atoms with Gasteiger partial charge >= 0.3 is 5.97 Å². The van der Waals surface area contributed by atoms with E-state index in [0.717, 1.165) is 19.3 Å². The fourth-order valence-electron chi connectivity index (χ4n) is 5.19. The molecule has 0 unspecified atom stereocenters.